The van der Waals surface area contributed by atoms with Crippen LogP contribution in [0, 0.1) is 6.92 Å². The summed E-state index contributed by atoms with van der Waals surface area (Å²) in [6.45, 7) is 7.00. The van der Waals surface area contributed by atoms with Crippen LogP contribution in [-0.2, 0) is 6.54 Å². The molecule has 0 saturated carbocycles. The van der Waals surface area contributed by atoms with Crippen LogP contribution in [0.25, 0.3) is 10.9 Å². The molecule has 1 aromatic heterocycles. The maximum atomic E-state index is 12.5. The number of para-hydroxylation sites is 1. The van der Waals surface area contributed by atoms with Gasteiger partial charge in [0.2, 0.25) is 0 Å². The van der Waals surface area contributed by atoms with Crippen molar-refractivity contribution in [2.75, 3.05) is 26.2 Å². The quantitative estimate of drug-likeness (QED) is 0.651. The van der Waals surface area contributed by atoms with Crippen LogP contribution in [0.3, 0.4) is 0 Å². The van der Waals surface area contributed by atoms with Crippen molar-refractivity contribution in [2.24, 2.45) is 0 Å². The van der Waals surface area contributed by atoms with Crippen molar-refractivity contribution >= 4 is 16.8 Å². The molecule has 0 radical (unpaired) electrons. The number of ether oxygens (including phenoxy) is 1. The maximum Gasteiger partial charge on any atom is 0.253 e. The summed E-state index contributed by atoms with van der Waals surface area (Å²) in [5, 5.41) is 1.32. The first kappa shape index (κ1) is 20.1. The molecule has 2 aromatic carbocycles. The molecule has 2 saturated heterocycles. The number of rotatable bonds is 5. The van der Waals surface area contributed by atoms with Crippen LogP contribution in [0.4, 0.5) is 0 Å². The Balaban J connectivity index is 1.14. The molecule has 2 aliphatic rings. The Kier molecular flexibility index (Phi) is 5.68. The summed E-state index contributed by atoms with van der Waals surface area (Å²) in [6.07, 6.45) is 4.51. The average Bonchev–Trinajstić information content (AvgIpc) is 3.44. The number of nitrogens with one attached hydrogen (secondary N) is 1. The van der Waals surface area contributed by atoms with Gasteiger partial charge in [0.1, 0.15) is 11.9 Å². The summed E-state index contributed by atoms with van der Waals surface area (Å²) in [7, 11) is 0. The molecule has 3 heterocycles. The molecule has 162 valence electrons. The number of aromatic amines is 1. The summed E-state index contributed by atoms with van der Waals surface area (Å²) < 4.78 is 6.23. The SMILES string of the molecule is Cc1c(CN2CCC(Oc3ccc(C(=O)N4CCCC4)cc3)CC2)[nH]c2ccccc12. The van der Waals surface area contributed by atoms with Gasteiger partial charge in [-0.25, -0.2) is 0 Å². The number of carbonyl (C=O) groups excluding carboxylic acids is 1. The van der Waals surface area contributed by atoms with E-state index < -0.39 is 0 Å². The number of amides is 1. The molecule has 31 heavy (non-hydrogen) atoms. The molecule has 1 N–H and O–H groups in total. The second-order valence-corrected chi connectivity index (χ2v) is 8.89. The third-order valence-electron chi connectivity index (χ3n) is 6.78. The molecule has 0 atom stereocenters. The molecule has 5 heteroatoms. The zero-order valence-electron chi connectivity index (χ0n) is 18.3. The minimum atomic E-state index is 0.143. The van der Waals surface area contributed by atoms with Crippen molar-refractivity contribution < 1.29 is 9.53 Å². The second-order valence-electron chi connectivity index (χ2n) is 8.89. The van der Waals surface area contributed by atoms with Gasteiger partial charge in [0.05, 0.1) is 0 Å². The molecule has 0 bridgehead atoms. The summed E-state index contributed by atoms with van der Waals surface area (Å²) in [5.74, 6) is 1.01. The third-order valence-corrected chi connectivity index (χ3v) is 6.78. The lowest BCUT2D eigenvalue weighted by molar-refractivity contribution is 0.0792. The summed E-state index contributed by atoms with van der Waals surface area (Å²) in [6, 6.07) is 16.2. The predicted octanol–water partition coefficient (Wildman–Crippen LogP) is 4.76. The van der Waals surface area contributed by atoms with E-state index >= 15 is 0 Å². The third kappa shape index (κ3) is 4.33. The van der Waals surface area contributed by atoms with Gasteiger partial charge in [-0.15, -0.1) is 0 Å². The van der Waals surface area contributed by atoms with Crippen LogP contribution in [0.2, 0.25) is 0 Å². The number of hydrogen-bond acceptors (Lipinski definition) is 3. The van der Waals surface area contributed by atoms with Crippen LogP contribution in [0.1, 0.15) is 47.3 Å². The maximum absolute atomic E-state index is 12.5. The lowest BCUT2D eigenvalue weighted by atomic mass is 10.1. The molecule has 3 aromatic rings. The van der Waals surface area contributed by atoms with Gasteiger partial charge in [0.25, 0.3) is 5.91 Å². The minimum Gasteiger partial charge on any atom is -0.490 e. The highest BCUT2D eigenvalue weighted by Gasteiger charge is 2.23. The fraction of sp³-hybridized carbons (Fsp3) is 0.423. The highest BCUT2D eigenvalue weighted by atomic mass is 16.5. The van der Waals surface area contributed by atoms with Crippen molar-refractivity contribution in [1.29, 1.82) is 0 Å². The highest BCUT2D eigenvalue weighted by molar-refractivity contribution is 5.94. The van der Waals surface area contributed by atoms with Crippen LogP contribution in [0.5, 0.6) is 5.75 Å². The summed E-state index contributed by atoms with van der Waals surface area (Å²) in [5.41, 5.74) is 4.66. The molecular formula is C26H31N3O2. The van der Waals surface area contributed by atoms with E-state index in [9.17, 15) is 4.79 Å². The van der Waals surface area contributed by atoms with Gasteiger partial charge in [-0.2, -0.15) is 0 Å². The zero-order chi connectivity index (χ0) is 21.2. The Bertz CT molecular complexity index is 1040. The lowest BCUT2D eigenvalue weighted by Gasteiger charge is -2.32. The highest BCUT2D eigenvalue weighted by Crippen LogP contribution is 2.25. The van der Waals surface area contributed by atoms with E-state index in [1.165, 1.54) is 22.2 Å². The molecule has 0 unspecified atom stereocenters. The number of nitrogens with zero attached hydrogens (tertiary/aromatic N) is 2. The zero-order valence-corrected chi connectivity index (χ0v) is 18.3. The van der Waals surface area contributed by atoms with E-state index in [1.54, 1.807) is 0 Å². The van der Waals surface area contributed by atoms with Crippen molar-refractivity contribution in [3.8, 4) is 5.75 Å². The van der Waals surface area contributed by atoms with E-state index in [2.05, 4.69) is 41.1 Å². The second kappa shape index (κ2) is 8.75. The van der Waals surface area contributed by atoms with Gasteiger partial charge in [-0.05, 0) is 68.5 Å². The first-order valence-corrected chi connectivity index (χ1v) is 11.5. The Labute approximate surface area is 184 Å². The standard InChI is InChI=1S/C26H31N3O2/c1-19-23-6-2-3-7-24(23)27-25(19)18-28-16-12-22(13-17-28)31-21-10-8-20(9-11-21)26(30)29-14-4-5-15-29/h2-3,6-11,22,27H,4-5,12-18H2,1H3. The van der Waals surface area contributed by atoms with Crippen molar-refractivity contribution in [2.45, 2.75) is 45.3 Å². The summed E-state index contributed by atoms with van der Waals surface area (Å²) in [4.78, 5) is 20.5. The topological polar surface area (TPSA) is 48.6 Å². The number of carbonyl (C=O) groups is 1. The van der Waals surface area contributed by atoms with Crippen LogP contribution < -0.4 is 4.74 Å². The Morgan fingerprint density at radius 1 is 1.00 bits per heavy atom. The Hall–Kier alpha value is -2.79. The molecular weight excluding hydrogens is 386 g/mol. The van der Waals surface area contributed by atoms with Gasteiger partial charge in [0, 0.05) is 54.9 Å². The van der Waals surface area contributed by atoms with Gasteiger partial charge in [-0.3, -0.25) is 9.69 Å². The van der Waals surface area contributed by atoms with E-state index in [1.807, 2.05) is 29.2 Å². The Morgan fingerprint density at radius 3 is 2.42 bits per heavy atom. The van der Waals surface area contributed by atoms with Gasteiger partial charge >= 0.3 is 0 Å². The molecule has 2 fully saturated rings. The average molecular weight is 418 g/mol. The number of hydrogen-bond donors (Lipinski definition) is 1. The van der Waals surface area contributed by atoms with Crippen LogP contribution in [0.15, 0.2) is 48.5 Å². The first-order valence-electron chi connectivity index (χ1n) is 11.5. The monoisotopic (exact) mass is 417 g/mol. The summed E-state index contributed by atoms with van der Waals surface area (Å²) >= 11 is 0. The fourth-order valence-corrected chi connectivity index (χ4v) is 4.88. The predicted molar refractivity (Wildman–Crippen MR) is 124 cm³/mol. The van der Waals surface area contributed by atoms with E-state index in [0.717, 1.165) is 69.7 Å². The number of piperidine rings is 1. The van der Waals surface area contributed by atoms with Crippen molar-refractivity contribution in [1.82, 2.24) is 14.8 Å². The smallest absolute Gasteiger partial charge is 0.253 e. The largest absolute Gasteiger partial charge is 0.490 e. The number of fused-ring (bicyclic) bond motifs is 1. The normalized spacial score (nSPS) is 18.0. The number of benzene rings is 2. The molecule has 2 aliphatic heterocycles. The fourth-order valence-electron chi connectivity index (χ4n) is 4.88. The molecule has 1 amide bonds. The minimum absolute atomic E-state index is 0.143. The van der Waals surface area contributed by atoms with Crippen molar-refractivity contribution in [3.63, 3.8) is 0 Å². The molecule has 5 nitrogen and oxygen atoms in total. The number of likely N-dealkylation sites (tertiary alicyclic amines) is 2. The number of aryl methyl sites for hydroxylation is 1. The van der Waals surface area contributed by atoms with Crippen LogP contribution >= 0.6 is 0 Å². The van der Waals surface area contributed by atoms with E-state index in [4.69, 9.17) is 4.74 Å². The number of aromatic nitrogens is 1. The van der Waals surface area contributed by atoms with Crippen LogP contribution in [-0.4, -0.2) is 53.0 Å². The van der Waals surface area contributed by atoms with Gasteiger partial charge < -0.3 is 14.6 Å². The lowest BCUT2D eigenvalue weighted by Crippen LogP contribution is -2.38. The Morgan fingerprint density at radius 2 is 1.71 bits per heavy atom. The molecule has 5 rings (SSSR count). The van der Waals surface area contributed by atoms with E-state index in [0.29, 0.717) is 0 Å². The van der Waals surface area contributed by atoms with Gasteiger partial charge in [0.15, 0.2) is 0 Å². The molecule has 0 spiro atoms. The van der Waals surface area contributed by atoms with Gasteiger partial charge in [-0.1, -0.05) is 18.2 Å². The van der Waals surface area contributed by atoms with Crippen molar-refractivity contribution in [3.05, 3.63) is 65.4 Å². The molecule has 0 aliphatic carbocycles. The first-order chi connectivity index (χ1) is 15.2. The van der Waals surface area contributed by atoms with E-state index in [-0.39, 0.29) is 12.0 Å². The number of H-pyrrole nitrogens is 1.